The summed E-state index contributed by atoms with van der Waals surface area (Å²) in [7, 11) is 0. The van der Waals surface area contributed by atoms with Crippen LogP contribution in [0.2, 0.25) is 0 Å². The van der Waals surface area contributed by atoms with Gasteiger partial charge in [0.15, 0.2) is 0 Å². The van der Waals surface area contributed by atoms with Crippen LogP contribution < -0.4 is 5.32 Å². The van der Waals surface area contributed by atoms with Crippen LogP contribution in [0, 0.1) is 0 Å². The largest absolute Gasteiger partial charge is 0.444 e. The number of ether oxygens (including phenoxy) is 1. The van der Waals surface area contributed by atoms with Gasteiger partial charge in [0.2, 0.25) is 0 Å². The Morgan fingerprint density at radius 3 is 2.70 bits per heavy atom. The minimum atomic E-state index is -0.517. The summed E-state index contributed by atoms with van der Waals surface area (Å²) in [5.41, 5.74) is 5.10. The summed E-state index contributed by atoms with van der Waals surface area (Å²) in [4.78, 5) is 16.2. The Kier molecular flexibility index (Phi) is 4.05. The molecule has 0 spiro atoms. The number of thiazole rings is 1. The van der Waals surface area contributed by atoms with E-state index in [2.05, 4.69) is 28.5 Å². The number of fused-ring (bicyclic) bond motifs is 1. The van der Waals surface area contributed by atoms with Gasteiger partial charge in [-0.1, -0.05) is 18.2 Å². The van der Waals surface area contributed by atoms with E-state index in [0.29, 0.717) is 5.69 Å². The molecule has 4 nitrogen and oxygen atoms in total. The van der Waals surface area contributed by atoms with Crippen molar-refractivity contribution in [1.29, 1.82) is 0 Å². The first kappa shape index (κ1) is 15.5. The molecule has 23 heavy (non-hydrogen) atoms. The third kappa shape index (κ3) is 3.87. The van der Waals surface area contributed by atoms with Crippen LogP contribution in [0.15, 0.2) is 48.0 Å². The molecule has 0 unspecified atom stereocenters. The number of hydrogen-bond acceptors (Lipinski definition) is 4. The van der Waals surface area contributed by atoms with Gasteiger partial charge in [-0.15, -0.1) is 11.3 Å². The Bertz CT molecular complexity index is 849. The quantitative estimate of drug-likeness (QED) is 0.694. The molecular weight excluding hydrogens is 308 g/mol. The van der Waals surface area contributed by atoms with Crippen molar-refractivity contribution in [2.75, 3.05) is 5.32 Å². The summed E-state index contributed by atoms with van der Waals surface area (Å²) >= 11 is 1.62. The van der Waals surface area contributed by atoms with Crippen molar-refractivity contribution in [2.24, 2.45) is 0 Å². The summed E-state index contributed by atoms with van der Waals surface area (Å²) in [5.74, 6) is 0. The average Bonchev–Trinajstić information content (AvgIpc) is 2.92. The molecule has 1 heterocycles. The molecule has 0 bridgehead atoms. The molecule has 2 aromatic carbocycles. The minimum Gasteiger partial charge on any atom is -0.444 e. The lowest BCUT2D eigenvalue weighted by atomic mass is 10.0. The number of nitrogens with zero attached hydrogens (tertiary/aromatic N) is 1. The van der Waals surface area contributed by atoms with E-state index in [1.165, 1.54) is 0 Å². The van der Waals surface area contributed by atoms with Gasteiger partial charge >= 0.3 is 6.09 Å². The smallest absolute Gasteiger partial charge is 0.412 e. The Balaban J connectivity index is 1.83. The van der Waals surface area contributed by atoms with Crippen LogP contribution in [0.3, 0.4) is 0 Å². The number of amides is 1. The maximum absolute atomic E-state index is 11.9. The van der Waals surface area contributed by atoms with E-state index in [1.54, 1.807) is 11.3 Å². The molecular formula is C18H18N2O2S. The number of benzene rings is 2. The van der Waals surface area contributed by atoms with Gasteiger partial charge in [0, 0.05) is 5.69 Å². The van der Waals surface area contributed by atoms with Gasteiger partial charge in [0.1, 0.15) is 5.60 Å². The number of aromatic nitrogens is 1. The predicted molar refractivity (Wildman–Crippen MR) is 94.9 cm³/mol. The molecule has 1 N–H and O–H groups in total. The summed E-state index contributed by atoms with van der Waals surface area (Å²) in [6, 6.07) is 13.9. The molecule has 0 aliphatic rings. The lowest BCUT2D eigenvalue weighted by molar-refractivity contribution is 0.0636. The zero-order valence-corrected chi connectivity index (χ0v) is 14.1. The van der Waals surface area contributed by atoms with Gasteiger partial charge in [0.25, 0.3) is 0 Å². The van der Waals surface area contributed by atoms with E-state index in [1.807, 2.05) is 50.5 Å². The molecule has 0 saturated carbocycles. The number of carbonyl (C=O) groups is 1. The van der Waals surface area contributed by atoms with Crippen molar-refractivity contribution in [3.63, 3.8) is 0 Å². The second-order valence-corrected chi connectivity index (χ2v) is 7.13. The number of rotatable bonds is 2. The number of nitrogens with one attached hydrogen (secondary N) is 1. The fourth-order valence-electron chi connectivity index (χ4n) is 2.24. The first-order valence-corrected chi connectivity index (χ1v) is 8.22. The molecule has 1 amide bonds. The molecule has 3 rings (SSSR count). The van der Waals surface area contributed by atoms with Gasteiger partial charge in [-0.3, -0.25) is 5.32 Å². The van der Waals surface area contributed by atoms with Crippen LogP contribution in [0.25, 0.3) is 21.3 Å². The molecule has 3 aromatic rings. The van der Waals surface area contributed by atoms with E-state index in [0.717, 1.165) is 21.3 Å². The predicted octanol–water partition coefficient (Wildman–Crippen LogP) is 5.31. The third-order valence-corrected chi connectivity index (χ3v) is 3.98. The molecule has 0 fully saturated rings. The highest BCUT2D eigenvalue weighted by atomic mass is 32.1. The van der Waals surface area contributed by atoms with Crippen LogP contribution in [0.1, 0.15) is 20.8 Å². The van der Waals surface area contributed by atoms with Gasteiger partial charge in [-0.05, 0) is 56.2 Å². The first-order valence-electron chi connectivity index (χ1n) is 7.34. The third-order valence-electron chi connectivity index (χ3n) is 3.17. The number of hydrogen-bond donors (Lipinski definition) is 1. The van der Waals surface area contributed by atoms with E-state index in [9.17, 15) is 4.79 Å². The lowest BCUT2D eigenvalue weighted by Gasteiger charge is -2.19. The van der Waals surface area contributed by atoms with Crippen molar-refractivity contribution >= 4 is 33.3 Å². The SMILES string of the molecule is CC(C)(C)OC(=O)Nc1cccc(-c2ccc3scnc3c2)c1. The molecule has 1 aromatic heterocycles. The van der Waals surface area contributed by atoms with Crippen LogP contribution in [0.5, 0.6) is 0 Å². The molecule has 5 heteroatoms. The molecule has 0 atom stereocenters. The Morgan fingerprint density at radius 1 is 1.13 bits per heavy atom. The second-order valence-electron chi connectivity index (χ2n) is 6.24. The zero-order valence-electron chi connectivity index (χ0n) is 13.3. The maximum Gasteiger partial charge on any atom is 0.412 e. The lowest BCUT2D eigenvalue weighted by Crippen LogP contribution is -2.27. The van der Waals surface area contributed by atoms with E-state index >= 15 is 0 Å². The van der Waals surface area contributed by atoms with E-state index in [-0.39, 0.29) is 0 Å². The Labute approximate surface area is 139 Å². The molecule has 0 aliphatic heterocycles. The van der Waals surface area contributed by atoms with Crippen molar-refractivity contribution in [3.05, 3.63) is 48.0 Å². The zero-order chi connectivity index (χ0) is 16.4. The number of carbonyl (C=O) groups excluding carboxylic acids is 1. The van der Waals surface area contributed by atoms with Crippen molar-refractivity contribution < 1.29 is 9.53 Å². The summed E-state index contributed by atoms with van der Waals surface area (Å²) in [6.07, 6.45) is -0.454. The van der Waals surface area contributed by atoms with Crippen LogP contribution in [-0.2, 0) is 4.74 Å². The highest BCUT2D eigenvalue weighted by Gasteiger charge is 2.16. The summed E-state index contributed by atoms with van der Waals surface area (Å²) in [6.45, 7) is 5.52. The van der Waals surface area contributed by atoms with Crippen molar-refractivity contribution in [2.45, 2.75) is 26.4 Å². The molecule has 118 valence electrons. The second kappa shape index (κ2) is 6.01. The summed E-state index contributed by atoms with van der Waals surface area (Å²) < 4.78 is 6.44. The van der Waals surface area contributed by atoms with Crippen LogP contribution in [-0.4, -0.2) is 16.7 Å². The average molecular weight is 326 g/mol. The van der Waals surface area contributed by atoms with Crippen LogP contribution in [0.4, 0.5) is 10.5 Å². The highest BCUT2D eigenvalue weighted by molar-refractivity contribution is 7.16. The monoisotopic (exact) mass is 326 g/mol. The molecule has 0 radical (unpaired) electrons. The minimum absolute atomic E-state index is 0.454. The summed E-state index contributed by atoms with van der Waals surface area (Å²) in [5, 5.41) is 2.77. The first-order chi connectivity index (χ1) is 10.9. The Hall–Kier alpha value is -2.40. The standard InChI is InChI=1S/C18H18N2O2S/c1-18(2,3)22-17(21)20-14-6-4-5-12(9-14)13-7-8-16-15(10-13)19-11-23-16/h4-11H,1-3H3,(H,20,21). The van der Waals surface area contributed by atoms with Gasteiger partial charge in [-0.25, -0.2) is 9.78 Å². The van der Waals surface area contributed by atoms with Gasteiger partial charge < -0.3 is 4.74 Å². The van der Waals surface area contributed by atoms with E-state index < -0.39 is 11.7 Å². The fraction of sp³-hybridized carbons (Fsp3) is 0.222. The van der Waals surface area contributed by atoms with Crippen molar-refractivity contribution in [3.8, 4) is 11.1 Å². The highest BCUT2D eigenvalue weighted by Crippen LogP contribution is 2.27. The van der Waals surface area contributed by atoms with Crippen molar-refractivity contribution in [1.82, 2.24) is 4.98 Å². The Morgan fingerprint density at radius 2 is 1.91 bits per heavy atom. The topological polar surface area (TPSA) is 51.2 Å². The van der Waals surface area contributed by atoms with Crippen LogP contribution >= 0.6 is 11.3 Å². The maximum atomic E-state index is 11.9. The fourth-order valence-corrected chi connectivity index (χ4v) is 2.89. The number of anilines is 1. The van der Waals surface area contributed by atoms with Gasteiger partial charge in [-0.2, -0.15) is 0 Å². The normalized spacial score (nSPS) is 11.4. The van der Waals surface area contributed by atoms with E-state index in [4.69, 9.17) is 4.74 Å². The molecule has 0 saturated heterocycles. The molecule has 0 aliphatic carbocycles. The van der Waals surface area contributed by atoms with Gasteiger partial charge in [0.05, 0.1) is 15.7 Å².